The van der Waals surface area contributed by atoms with Gasteiger partial charge in [-0.05, 0) is 43.4 Å². The van der Waals surface area contributed by atoms with E-state index in [1.807, 2.05) is 0 Å². The second-order valence-corrected chi connectivity index (χ2v) is 30.4. The van der Waals surface area contributed by atoms with Gasteiger partial charge in [-0.15, -0.1) is 0 Å². The zero-order valence-corrected chi connectivity index (χ0v) is 61.8. The van der Waals surface area contributed by atoms with E-state index in [2.05, 4.69) is 48.5 Å². The molecule has 6 atom stereocenters. The summed E-state index contributed by atoms with van der Waals surface area (Å²) in [5.41, 5.74) is 0. The Morgan fingerprint density at radius 2 is 0.554 bits per heavy atom. The standard InChI is InChI=1S/C73H142O17P2/c1-8-10-11-37-47-54-70(75)83-60-68(89-73(78)57-50-43-36-30-24-26-32-39-45-52-65(5)6)62-87-91(79,80)85-58-67(74)59-86-92(81,82)88-63-69(61-84-71(76)55-48-41-34-28-23-22-25-31-38-44-51-64(3)4)90-72(77)56-49-42-35-29-21-19-17-15-13-12-14-16-18-20-27-33-40-46-53-66(7)9-2/h64-69,74H,8-63H2,1-7H3,(H,79,80)(H,81,82)/t66?,67-,68+,69+/m0/s1. The number of phosphoric ester groups is 2. The highest BCUT2D eigenvalue weighted by molar-refractivity contribution is 7.47. The number of hydrogen-bond donors (Lipinski definition) is 3. The highest BCUT2D eigenvalue weighted by Gasteiger charge is 2.30. The number of esters is 4. The van der Waals surface area contributed by atoms with Gasteiger partial charge in [-0.3, -0.25) is 37.3 Å². The topological polar surface area (TPSA) is 237 Å². The molecule has 19 heteroatoms. The molecule has 0 saturated carbocycles. The van der Waals surface area contributed by atoms with Crippen LogP contribution >= 0.6 is 15.6 Å². The number of rotatable bonds is 71. The first-order valence-corrected chi connectivity index (χ1v) is 40.9. The van der Waals surface area contributed by atoms with Crippen LogP contribution in [-0.4, -0.2) is 96.7 Å². The van der Waals surface area contributed by atoms with Gasteiger partial charge in [-0.25, -0.2) is 9.13 Å². The van der Waals surface area contributed by atoms with Crippen LogP contribution < -0.4 is 0 Å². The summed E-state index contributed by atoms with van der Waals surface area (Å²) in [7, 11) is -9.90. The van der Waals surface area contributed by atoms with Gasteiger partial charge in [0.1, 0.15) is 19.3 Å². The van der Waals surface area contributed by atoms with Crippen LogP contribution in [0.15, 0.2) is 0 Å². The van der Waals surface area contributed by atoms with Gasteiger partial charge < -0.3 is 33.8 Å². The van der Waals surface area contributed by atoms with Gasteiger partial charge in [0, 0.05) is 25.7 Å². The van der Waals surface area contributed by atoms with Gasteiger partial charge in [-0.1, -0.05) is 318 Å². The number of aliphatic hydroxyl groups is 1. The molecule has 0 aromatic rings. The molecule has 0 aromatic heterocycles. The first kappa shape index (κ1) is 90.1. The van der Waals surface area contributed by atoms with Crippen LogP contribution in [0.3, 0.4) is 0 Å². The van der Waals surface area contributed by atoms with Crippen LogP contribution in [0.2, 0.25) is 0 Å². The molecule has 0 aliphatic rings. The minimum Gasteiger partial charge on any atom is -0.462 e. The lowest BCUT2D eigenvalue weighted by Crippen LogP contribution is -2.30. The van der Waals surface area contributed by atoms with Crippen molar-refractivity contribution in [2.24, 2.45) is 17.8 Å². The molecule has 3 N–H and O–H groups in total. The summed E-state index contributed by atoms with van der Waals surface area (Å²) in [6.45, 7) is 11.8. The van der Waals surface area contributed by atoms with Crippen molar-refractivity contribution in [3.05, 3.63) is 0 Å². The Hall–Kier alpha value is -1.94. The third-order valence-corrected chi connectivity index (χ3v) is 19.1. The molecule has 0 rings (SSSR count). The van der Waals surface area contributed by atoms with Gasteiger partial charge in [-0.2, -0.15) is 0 Å². The SMILES string of the molecule is CCCCCCCC(=O)OC[C@H](COP(=O)(O)OC[C@H](O)COP(=O)(O)OC[C@@H](COC(=O)CCCCCCCCCCCCC(C)C)OC(=O)CCCCCCCCCCCCCCCCCCCCC(C)CC)OC(=O)CCCCCCCCCCCC(C)C. The maximum Gasteiger partial charge on any atom is 0.472 e. The molecule has 0 saturated heterocycles. The van der Waals surface area contributed by atoms with Gasteiger partial charge in [0.2, 0.25) is 0 Å². The van der Waals surface area contributed by atoms with Crippen molar-refractivity contribution in [2.75, 3.05) is 39.6 Å². The van der Waals surface area contributed by atoms with Crippen molar-refractivity contribution < 1.29 is 80.2 Å². The Kier molecular flexibility index (Phi) is 62.4. The summed E-state index contributed by atoms with van der Waals surface area (Å²) in [6, 6.07) is 0. The predicted molar refractivity (Wildman–Crippen MR) is 372 cm³/mol. The summed E-state index contributed by atoms with van der Waals surface area (Å²) in [4.78, 5) is 72.3. The third kappa shape index (κ3) is 65.4. The van der Waals surface area contributed by atoms with Crippen LogP contribution in [0.25, 0.3) is 0 Å². The molecule has 0 aliphatic carbocycles. The number of unbranched alkanes of at least 4 members (excludes halogenated alkanes) is 38. The summed E-state index contributed by atoms with van der Waals surface area (Å²) < 4.78 is 68.1. The highest BCUT2D eigenvalue weighted by atomic mass is 31.2. The maximum absolute atomic E-state index is 13.1. The van der Waals surface area contributed by atoms with Crippen molar-refractivity contribution in [1.82, 2.24) is 0 Å². The molecule has 0 fully saturated rings. The molecule has 92 heavy (non-hydrogen) atoms. The third-order valence-electron chi connectivity index (χ3n) is 17.2. The zero-order chi connectivity index (χ0) is 68.0. The molecule has 0 bridgehead atoms. The molecule has 0 amide bonds. The fourth-order valence-corrected chi connectivity index (χ4v) is 12.6. The fraction of sp³-hybridized carbons (Fsp3) is 0.945. The Labute approximate surface area is 562 Å². The molecule has 546 valence electrons. The predicted octanol–water partition coefficient (Wildman–Crippen LogP) is 21.0. The van der Waals surface area contributed by atoms with E-state index in [0.717, 1.165) is 114 Å². The molecular weight excluding hydrogens is 1210 g/mol. The van der Waals surface area contributed by atoms with Crippen molar-refractivity contribution in [3.8, 4) is 0 Å². The molecule has 17 nitrogen and oxygen atoms in total. The van der Waals surface area contributed by atoms with Crippen LogP contribution in [0, 0.1) is 17.8 Å². The van der Waals surface area contributed by atoms with E-state index < -0.39 is 97.5 Å². The second kappa shape index (κ2) is 63.8. The van der Waals surface area contributed by atoms with E-state index in [9.17, 15) is 43.2 Å². The van der Waals surface area contributed by atoms with Crippen molar-refractivity contribution >= 4 is 39.5 Å². The summed E-state index contributed by atoms with van der Waals surface area (Å²) in [5.74, 6) is 0.232. The average molecular weight is 1350 g/mol. The first-order valence-electron chi connectivity index (χ1n) is 37.9. The van der Waals surface area contributed by atoms with E-state index in [-0.39, 0.29) is 25.7 Å². The van der Waals surface area contributed by atoms with Crippen LogP contribution in [0.1, 0.15) is 370 Å². The van der Waals surface area contributed by atoms with E-state index in [0.29, 0.717) is 25.7 Å². The molecule has 0 heterocycles. The molecule has 3 unspecified atom stereocenters. The summed E-state index contributed by atoms with van der Waals surface area (Å²) in [6.07, 6.45) is 49.1. The minimum absolute atomic E-state index is 0.104. The second-order valence-electron chi connectivity index (χ2n) is 27.5. The molecule has 0 spiro atoms. The Morgan fingerprint density at radius 1 is 0.315 bits per heavy atom. The fourth-order valence-electron chi connectivity index (χ4n) is 11.0. The molecule has 0 radical (unpaired) electrons. The number of hydrogen-bond acceptors (Lipinski definition) is 15. The largest absolute Gasteiger partial charge is 0.472 e. The van der Waals surface area contributed by atoms with Gasteiger partial charge >= 0.3 is 39.5 Å². The quantitative estimate of drug-likeness (QED) is 0.0222. The van der Waals surface area contributed by atoms with Crippen molar-refractivity contribution in [3.63, 3.8) is 0 Å². The Balaban J connectivity index is 5.11. The number of phosphoric acid groups is 2. The molecular formula is C73H142O17P2. The summed E-state index contributed by atoms with van der Waals surface area (Å²) in [5, 5.41) is 10.6. The maximum atomic E-state index is 13.1. The average Bonchev–Trinajstić information content (AvgIpc) is 2.78. The first-order chi connectivity index (χ1) is 44.3. The minimum atomic E-state index is -4.95. The molecule has 0 aromatic carbocycles. The normalized spacial score (nSPS) is 14.4. The lowest BCUT2D eigenvalue weighted by Gasteiger charge is -2.21. The number of carbonyl (C=O) groups is 4. The van der Waals surface area contributed by atoms with Crippen molar-refractivity contribution in [2.45, 2.75) is 388 Å². The van der Waals surface area contributed by atoms with E-state index in [1.165, 1.54) is 173 Å². The highest BCUT2D eigenvalue weighted by Crippen LogP contribution is 2.45. The van der Waals surface area contributed by atoms with E-state index >= 15 is 0 Å². The van der Waals surface area contributed by atoms with Gasteiger partial charge in [0.05, 0.1) is 26.4 Å². The Morgan fingerprint density at radius 3 is 0.826 bits per heavy atom. The monoisotopic (exact) mass is 1350 g/mol. The van der Waals surface area contributed by atoms with Gasteiger partial charge in [0.15, 0.2) is 12.2 Å². The number of aliphatic hydroxyl groups excluding tert-OH is 1. The molecule has 0 aliphatic heterocycles. The lowest BCUT2D eigenvalue weighted by atomic mass is 9.99. The summed E-state index contributed by atoms with van der Waals surface area (Å²) >= 11 is 0. The lowest BCUT2D eigenvalue weighted by molar-refractivity contribution is -0.161. The zero-order valence-electron chi connectivity index (χ0n) is 60.0. The van der Waals surface area contributed by atoms with Crippen LogP contribution in [-0.2, 0) is 65.4 Å². The number of ether oxygens (including phenoxy) is 4. The smallest absolute Gasteiger partial charge is 0.462 e. The van der Waals surface area contributed by atoms with Crippen LogP contribution in [0.5, 0.6) is 0 Å². The van der Waals surface area contributed by atoms with E-state index in [4.69, 9.17) is 37.0 Å². The Bertz CT molecular complexity index is 1800. The number of carbonyl (C=O) groups excluding carboxylic acids is 4. The van der Waals surface area contributed by atoms with Gasteiger partial charge in [0.25, 0.3) is 0 Å². The van der Waals surface area contributed by atoms with Crippen LogP contribution in [0.4, 0.5) is 0 Å². The van der Waals surface area contributed by atoms with E-state index in [1.54, 1.807) is 0 Å². The van der Waals surface area contributed by atoms with Crippen molar-refractivity contribution in [1.29, 1.82) is 0 Å².